The number of carbonyl (C=O) groups is 2. The van der Waals surface area contributed by atoms with Crippen LogP contribution in [0.3, 0.4) is 0 Å². The van der Waals surface area contributed by atoms with Crippen molar-refractivity contribution < 1.29 is 42.5 Å². The number of terminal acetylenes is 1. The Hall–Kier alpha value is -5.74. The second kappa shape index (κ2) is 15.4. The highest BCUT2D eigenvalue weighted by molar-refractivity contribution is 5.91. The van der Waals surface area contributed by atoms with Gasteiger partial charge in [0.15, 0.2) is 0 Å². The fourth-order valence-corrected chi connectivity index (χ4v) is 3.03. The lowest BCUT2D eigenvalue weighted by molar-refractivity contribution is 0.0694. The summed E-state index contributed by atoms with van der Waals surface area (Å²) in [7, 11) is 0. The number of aryl methyl sites for hydroxylation is 1. The van der Waals surface area contributed by atoms with Gasteiger partial charge >= 0.3 is 11.9 Å². The number of ether oxygens (including phenoxy) is 3. The van der Waals surface area contributed by atoms with Crippen molar-refractivity contribution in [3.63, 3.8) is 0 Å². The highest BCUT2D eigenvalue weighted by atomic mass is 16.6. The lowest BCUT2D eigenvalue weighted by Gasteiger charge is -2.06. The van der Waals surface area contributed by atoms with Crippen molar-refractivity contribution in [2.24, 2.45) is 0 Å². The molecule has 0 unspecified atom stereocenters. The molecule has 39 heavy (non-hydrogen) atoms. The molecule has 0 radical (unpaired) electrons. The summed E-state index contributed by atoms with van der Waals surface area (Å²) in [6, 6.07) is 15.7. The van der Waals surface area contributed by atoms with Crippen LogP contribution in [-0.2, 0) is 6.42 Å². The van der Waals surface area contributed by atoms with Gasteiger partial charge in [-0.15, -0.1) is 6.42 Å². The van der Waals surface area contributed by atoms with Crippen LogP contribution in [0.1, 0.15) is 67.1 Å². The molecular weight excluding hydrogens is 492 g/mol. The normalized spacial score (nSPS) is 8.92. The Labute approximate surface area is 242 Å². The van der Waals surface area contributed by atoms with Crippen molar-refractivity contribution in [3.8, 4) is 77.1 Å². The van der Waals surface area contributed by atoms with Crippen LogP contribution in [0.25, 0.3) is 0 Å². The van der Waals surface area contributed by atoms with E-state index in [0.29, 0.717) is 17.1 Å². The van der Waals surface area contributed by atoms with Crippen LogP contribution in [0.4, 0.5) is 0 Å². The molecule has 0 fully saturated rings. The smallest absolute Gasteiger partial charge is 0.379 e. The van der Waals surface area contributed by atoms with E-state index in [0.717, 1.165) is 31.4 Å². The number of esters is 2. The molecular formula is C33H42O6. The van der Waals surface area contributed by atoms with Gasteiger partial charge in [-0.3, -0.25) is 0 Å². The largest absolute Gasteiger partial charge is 0.454 e. The predicted octanol–water partition coefficient (Wildman–Crippen LogP) is 7.89. The quantitative estimate of drug-likeness (QED) is 0.120. The highest BCUT2D eigenvalue weighted by Crippen LogP contribution is 2.21. The van der Waals surface area contributed by atoms with Crippen molar-refractivity contribution in [1.29, 1.82) is 0 Å². The number of furan rings is 1. The fraction of sp³-hybridized carbons (Fsp3) is 0.152. The Morgan fingerprint density at radius 2 is 1.33 bits per heavy atom. The third kappa shape index (κ3) is 9.67. The molecule has 0 N–H and O–H groups in total. The molecule has 0 amide bonds. The summed E-state index contributed by atoms with van der Waals surface area (Å²) in [4.78, 5) is 24.8. The van der Waals surface area contributed by atoms with Gasteiger partial charge in [0.25, 0.3) is 0 Å². The van der Waals surface area contributed by atoms with Crippen LogP contribution < -0.4 is 14.2 Å². The SMILES string of the molecule is C#CC#CC#CC#CC#COc1ccc(C(=O)Oc2ccc(OC(=O)c3ccc(CCCCC)o3)cc2)cc1.[HH].[HH].[HH].[HH].[HH].[HH].[HH].[HH].[HH].[HH]. The van der Waals surface area contributed by atoms with E-state index >= 15 is 0 Å². The van der Waals surface area contributed by atoms with Gasteiger partial charge in [0.05, 0.1) is 5.56 Å². The minimum absolute atomic E-state index is 0. The van der Waals surface area contributed by atoms with Gasteiger partial charge in [-0.25, -0.2) is 9.59 Å². The highest BCUT2D eigenvalue weighted by Gasteiger charge is 2.14. The zero-order chi connectivity index (χ0) is 27.7. The van der Waals surface area contributed by atoms with Gasteiger partial charge in [0.1, 0.15) is 29.1 Å². The van der Waals surface area contributed by atoms with E-state index in [1.165, 1.54) is 36.4 Å². The van der Waals surface area contributed by atoms with Crippen molar-refractivity contribution in [2.75, 3.05) is 0 Å². The van der Waals surface area contributed by atoms with E-state index in [4.69, 9.17) is 25.1 Å². The Bertz CT molecular complexity index is 1620. The third-order valence-corrected chi connectivity index (χ3v) is 4.89. The summed E-state index contributed by atoms with van der Waals surface area (Å²) in [5.41, 5.74) is 0.307. The summed E-state index contributed by atoms with van der Waals surface area (Å²) in [6.07, 6.45) is 11.4. The van der Waals surface area contributed by atoms with Crippen LogP contribution in [0.15, 0.2) is 65.1 Å². The molecule has 0 aliphatic heterocycles. The number of benzene rings is 2. The van der Waals surface area contributed by atoms with Crippen LogP contribution in [0, 0.1) is 59.9 Å². The first kappa shape index (κ1) is 27.8. The molecule has 1 heterocycles. The molecule has 1 aromatic heterocycles. The molecule has 6 nitrogen and oxygen atoms in total. The number of hydrogen-bond acceptors (Lipinski definition) is 6. The van der Waals surface area contributed by atoms with E-state index < -0.39 is 11.9 Å². The van der Waals surface area contributed by atoms with E-state index in [1.807, 2.05) is 0 Å². The minimum atomic E-state index is -0.597. The maximum absolute atomic E-state index is 12.5. The Morgan fingerprint density at radius 1 is 0.744 bits per heavy atom. The zero-order valence-corrected chi connectivity index (χ0v) is 21.1. The summed E-state index contributed by atoms with van der Waals surface area (Å²) >= 11 is 0. The van der Waals surface area contributed by atoms with Crippen molar-refractivity contribution in [3.05, 3.63) is 77.7 Å². The van der Waals surface area contributed by atoms with Crippen LogP contribution in [-0.4, -0.2) is 11.9 Å². The lowest BCUT2D eigenvalue weighted by Crippen LogP contribution is -2.09. The Morgan fingerprint density at radius 3 is 1.97 bits per heavy atom. The van der Waals surface area contributed by atoms with E-state index in [9.17, 15) is 9.59 Å². The molecule has 0 aliphatic rings. The fourth-order valence-electron chi connectivity index (χ4n) is 3.03. The third-order valence-electron chi connectivity index (χ3n) is 4.89. The zero-order valence-electron chi connectivity index (χ0n) is 21.1. The van der Waals surface area contributed by atoms with Crippen molar-refractivity contribution in [1.82, 2.24) is 0 Å². The van der Waals surface area contributed by atoms with E-state index in [2.05, 4.69) is 60.4 Å². The summed E-state index contributed by atoms with van der Waals surface area (Å²) in [5, 5.41) is 0. The maximum Gasteiger partial charge on any atom is 0.379 e. The van der Waals surface area contributed by atoms with Gasteiger partial charge in [0.2, 0.25) is 5.76 Å². The second-order valence-corrected chi connectivity index (χ2v) is 7.72. The molecule has 0 bridgehead atoms. The molecule has 2 aromatic carbocycles. The van der Waals surface area contributed by atoms with Crippen LogP contribution in [0.5, 0.6) is 17.2 Å². The molecule has 3 rings (SSSR count). The molecule has 0 saturated heterocycles. The van der Waals surface area contributed by atoms with Crippen molar-refractivity contribution >= 4 is 11.9 Å². The number of carbonyl (C=O) groups excluding carboxylic acids is 2. The predicted molar refractivity (Wildman–Crippen MR) is 166 cm³/mol. The first-order valence-electron chi connectivity index (χ1n) is 11.9. The Kier molecular flexibility index (Phi) is 11.0. The number of unbranched alkanes of at least 4 members (excludes halogenated alkanes) is 2. The van der Waals surface area contributed by atoms with Gasteiger partial charge in [0, 0.05) is 44.4 Å². The van der Waals surface area contributed by atoms with E-state index in [-0.39, 0.29) is 25.8 Å². The molecule has 210 valence electrons. The minimum Gasteiger partial charge on any atom is -0.454 e. The molecule has 0 aliphatic carbocycles. The summed E-state index contributed by atoms with van der Waals surface area (Å²) in [5.74, 6) is 20.0. The standard InChI is InChI=1S/C33H22O6.10H2/c1-3-5-7-8-9-10-11-13-25-36-27-17-15-26(16-18-27)32(34)38-29-19-21-30(22-20-29)39-33(35)31-24-23-28(37-31)14-12-6-4-2;;;;;;;;;;/h1,15-24H,4,6,12,14H2,2H3;10*1H. The molecule has 0 spiro atoms. The Balaban J connectivity index is -0.000000280. The summed E-state index contributed by atoms with van der Waals surface area (Å²) in [6.45, 7) is 2.13. The van der Waals surface area contributed by atoms with Gasteiger partial charge < -0.3 is 18.6 Å². The lowest BCUT2D eigenvalue weighted by atomic mass is 10.2. The molecule has 6 heteroatoms. The summed E-state index contributed by atoms with van der Waals surface area (Å²) < 4.78 is 21.5. The maximum atomic E-state index is 12.5. The van der Waals surface area contributed by atoms with Gasteiger partial charge in [-0.05, 0) is 90.8 Å². The second-order valence-electron chi connectivity index (χ2n) is 7.72. The number of rotatable bonds is 9. The average Bonchev–Trinajstić information content (AvgIpc) is 3.43. The van der Waals surface area contributed by atoms with Crippen LogP contribution in [0.2, 0.25) is 0 Å². The molecule has 0 saturated carbocycles. The van der Waals surface area contributed by atoms with Crippen molar-refractivity contribution in [2.45, 2.75) is 32.6 Å². The van der Waals surface area contributed by atoms with Gasteiger partial charge in [-0.1, -0.05) is 19.8 Å². The monoisotopic (exact) mass is 534 g/mol. The molecule has 0 atom stereocenters. The number of hydrogen-bond donors (Lipinski definition) is 0. The van der Waals surface area contributed by atoms with Gasteiger partial charge in [-0.2, -0.15) is 0 Å². The average molecular weight is 535 g/mol. The first-order chi connectivity index (χ1) is 19.1. The first-order valence-corrected chi connectivity index (χ1v) is 11.9. The van der Waals surface area contributed by atoms with Crippen LogP contribution >= 0.6 is 0 Å². The topological polar surface area (TPSA) is 75.0 Å². The van der Waals surface area contributed by atoms with E-state index in [1.54, 1.807) is 24.3 Å². The molecule has 3 aromatic rings.